The third-order valence-electron chi connectivity index (χ3n) is 3.72. The van der Waals surface area contributed by atoms with Crippen LogP contribution in [0.3, 0.4) is 0 Å². The third-order valence-corrected chi connectivity index (χ3v) is 3.72. The number of nitrogens with zero attached hydrogens (tertiary/aromatic N) is 1. The number of aryl methyl sites for hydroxylation is 1. The fourth-order valence-electron chi connectivity index (χ4n) is 2.57. The van der Waals surface area contributed by atoms with Crippen molar-refractivity contribution in [2.45, 2.75) is 13.5 Å². The Morgan fingerprint density at radius 2 is 1.74 bits per heavy atom. The van der Waals surface area contributed by atoms with Gasteiger partial charge >= 0.3 is 5.88 Å². The number of fused-ring (bicyclic) bond motifs is 1. The van der Waals surface area contributed by atoms with Crippen LogP contribution in [0.25, 0.3) is 10.9 Å². The highest BCUT2D eigenvalue weighted by molar-refractivity contribution is 5.95. The Balaban J connectivity index is 0.00000192. The maximum Gasteiger partial charge on any atom is 0.366 e. The van der Waals surface area contributed by atoms with E-state index in [1.54, 1.807) is 48.5 Å². The average Bonchev–Trinajstić information content (AvgIpc) is 2.51. The zero-order valence-electron chi connectivity index (χ0n) is 12.5. The molecule has 0 bridgehead atoms. The fraction of sp³-hybridized carbons (Fsp3) is 0.111. The molecule has 4 nitrogen and oxygen atoms in total. The molecule has 5 heteroatoms. The lowest BCUT2D eigenvalue weighted by Gasteiger charge is -2.06. The minimum absolute atomic E-state index is 0. The molecule has 0 fully saturated rings. The highest BCUT2D eigenvalue weighted by Gasteiger charge is 2.21. The van der Waals surface area contributed by atoms with E-state index < -0.39 is 0 Å². The van der Waals surface area contributed by atoms with Gasteiger partial charge in [-0.3, -0.25) is 4.79 Å². The molecule has 0 saturated heterocycles. The Morgan fingerprint density at radius 3 is 2.43 bits per heavy atom. The van der Waals surface area contributed by atoms with E-state index in [4.69, 9.17) is 0 Å². The van der Waals surface area contributed by atoms with Gasteiger partial charge in [-0.15, -0.1) is 0 Å². The molecule has 0 radical (unpaired) electrons. The quantitative estimate of drug-likeness (QED) is 0.491. The number of phenols is 1. The van der Waals surface area contributed by atoms with Gasteiger partial charge in [-0.25, -0.2) is 0 Å². The lowest BCUT2D eigenvalue weighted by atomic mass is 10.1. The number of pyridine rings is 1. The van der Waals surface area contributed by atoms with E-state index in [0.717, 1.165) is 10.9 Å². The van der Waals surface area contributed by atoms with Crippen molar-refractivity contribution >= 4 is 16.7 Å². The Labute approximate surface area is 144 Å². The molecular weight excluding hydrogens is 358 g/mol. The first-order valence-electron chi connectivity index (χ1n) is 6.99. The molecule has 0 spiro atoms. The van der Waals surface area contributed by atoms with Crippen LogP contribution in [0.4, 0.5) is 0 Å². The van der Waals surface area contributed by atoms with E-state index in [1.165, 1.54) is 4.57 Å². The molecule has 0 saturated carbocycles. The van der Waals surface area contributed by atoms with Crippen molar-refractivity contribution in [3.8, 4) is 11.6 Å². The van der Waals surface area contributed by atoms with Crippen LogP contribution in [0.5, 0.6) is 11.6 Å². The summed E-state index contributed by atoms with van der Waals surface area (Å²) in [6.45, 7) is 1.89. The molecule has 1 heterocycles. The van der Waals surface area contributed by atoms with E-state index in [2.05, 4.69) is 0 Å². The molecule has 3 aromatic rings. The Kier molecular flexibility index (Phi) is 5.01. The van der Waals surface area contributed by atoms with Crippen LogP contribution < -0.4 is 21.5 Å². The monoisotopic (exact) mass is 373 g/mol. The van der Waals surface area contributed by atoms with Crippen molar-refractivity contribution in [1.82, 2.24) is 0 Å². The number of aromatic nitrogens is 1. The third kappa shape index (κ3) is 3.35. The summed E-state index contributed by atoms with van der Waals surface area (Å²) in [4.78, 5) is 12.4. The zero-order valence-corrected chi connectivity index (χ0v) is 14.1. The van der Waals surface area contributed by atoms with E-state index in [9.17, 15) is 15.0 Å². The van der Waals surface area contributed by atoms with Crippen molar-refractivity contribution in [3.63, 3.8) is 0 Å². The number of carbonyl (C=O) groups is 1. The number of carbonyl (C=O) groups excluding carboxylic acids is 1. The number of Topliss-reactive ketones (excluding diaryl/α,β-unsaturated/α-hetero) is 1. The summed E-state index contributed by atoms with van der Waals surface area (Å²) < 4.78 is 1.51. The lowest BCUT2D eigenvalue weighted by molar-refractivity contribution is -0.663. The summed E-state index contributed by atoms with van der Waals surface area (Å²) in [5, 5.41) is 20.8. The summed E-state index contributed by atoms with van der Waals surface area (Å²) in [7, 11) is 0. The van der Waals surface area contributed by atoms with Crippen LogP contribution in [0.1, 0.15) is 15.9 Å². The van der Waals surface area contributed by atoms with Crippen LogP contribution in [0.15, 0.2) is 54.6 Å². The minimum atomic E-state index is -0.102. The summed E-state index contributed by atoms with van der Waals surface area (Å²) in [6.07, 6.45) is 0. The molecule has 3 rings (SSSR count). The van der Waals surface area contributed by atoms with E-state index in [-0.39, 0.29) is 40.9 Å². The number of phenolic OH excluding ortho intramolecular Hbond substituents is 1. The molecule has 1 aromatic heterocycles. The maximum atomic E-state index is 12.4. The van der Waals surface area contributed by atoms with Crippen LogP contribution in [0, 0.1) is 6.92 Å². The summed E-state index contributed by atoms with van der Waals surface area (Å²) in [5.74, 6) is -0.00677. The van der Waals surface area contributed by atoms with Gasteiger partial charge in [-0.05, 0) is 24.6 Å². The standard InChI is InChI=1S/C18H15NO3.BrH/c1-12-9-18(22)19(16-10-14(20)7-8-15(12)16)11-17(21)13-5-3-2-4-6-13;/h2-10H,11H2,1H3,(H,20,22);1H. The lowest BCUT2D eigenvalue weighted by Crippen LogP contribution is -3.00. The molecule has 118 valence electrons. The number of hydrogen-bond acceptors (Lipinski definition) is 3. The molecule has 0 aliphatic rings. The van der Waals surface area contributed by atoms with Gasteiger partial charge in [0.1, 0.15) is 5.75 Å². The largest absolute Gasteiger partial charge is 1.00 e. The molecular formula is C18H16BrNO3. The normalized spacial score (nSPS) is 10.3. The van der Waals surface area contributed by atoms with Crippen LogP contribution in [-0.2, 0) is 6.54 Å². The summed E-state index contributed by atoms with van der Waals surface area (Å²) in [5.41, 5.74) is 2.10. The maximum absolute atomic E-state index is 12.4. The molecule has 0 aliphatic carbocycles. The molecule has 23 heavy (non-hydrogen) atoms. The van der Waals surface area contributed by atoms with Crippen molar-refractivity contribution < 1.29 is 36.6 Å². The first-order valence-corrected chi connectivity index (χ1v) is 6.99. The number of hydrogen-bond donors (Lipinski definition) is 2. The number of ketones is 1. The summed E-state index contributed by atoms with van der Waals surface area (Å²) >= 11 is 0. The second kappa shape index (κ2) is 6.79. The van der Waals surface area contributed by atoms with Crippen LogP contribution in [0.2, 0.25) is 0 Å². The number of rotatable bonds is 3. The Morgan fingerprint density at radius 1 is 1.04 bits per heavy atom. The first kappa shape index (κ1) is 17.0. The van der Waals surface area contributed by atoms with Gasteiger partial charge in [-0.1, -0.05) is 30.3 Å². The SMILES string of the molecule is Cc1cc(O)[n+](CC(=O)c2ccccc2)c2cc(O)ccc12.[Br-]. The Bertz CT molecular complexity index is 863. The van der Waals surface area contributed by atoms with Crippen LogP contribution >= 0.6 is 0 Å². The Hall–Kier alpha value is -2.40. The highest BCUT2D eigenvalue weighted by Crippen LogP contribution is 2.23. The number of aromatic hydroxyl groups is 2. The van der Waals surface area contributed by atoms with Gasteiger partial charge < -0.3 is 27.2 Å². The fourth-order valence-corrected chi connectivity index (χ4v) is 2.57. The van der Waals surface area contributed by atoms with Crippen molar-refractivity contribution in [3.05, 3.63) is 65.7 Å². The van der Waals surface area contributed by atoms with Gasteiger partial charge in [0.2, 0.25) is 17.8 Å². The summed E-state index contributed by atoms with van der Waals surface area (Å²) in [6, 6.07) is 15.5. The second-order valence-electron chi connectivity index (χ2n) is 5.26. The number of halogens is 1. The highest BCUT2D eigenvalue weighted by atomic mass is 79.9. The van der Waals surface area contributed by atoms with Gasteiger partial charge in [0.25, 0.3) is 0 Å². The molecule has 2 aromatic carbocycles. The predicted octanol–water partition coefficient (Wildman–Crippen LogP) is -0.266. The zero-order chi connectivity index (χ0) is 15.7. The second-order valence-corrected chi connectivity index (χ2v) is 5.26. The van der Waals surface area contributed by atoms with E-state index >= 15 is 0 Å². The molecule has 0 amide bonds. The first-order chi connectivity index (χ1) is 10.6. The topological polar surface area (TPSA) is 61.4 Å². The molecule has 0 aliphatic heterocycles. The molecule has 2 N–H and O–H groups in total. The van der Waals surface area contributed by atoms with E-state index in [0.29, 0.717) is 11.1 Å². The van der Waals surface area contributed by atoms with Gasteiger partial charge in [0, 0.05) is 10.9 Å². The van der Waals surface area contributed by atoms with Gasteiger partial charge in [0.15, 0.2) is 0 Å². The number of benzene rings is 2. The minimum Gasteiger partial charge on any atom is -1.00 e. The average molecular weight is 374 g/mol. The smallest absolute Gasteiger partial charge is 0.366 e. The van der Waals surface area contributed by atoms with Gasteiger partial charge in [0.05, 0.1) is 12.1 Å². The predicted molar refractivity (Wildman–Crippen MR) is 83.0 cm³/mol. The van der Waals surface area contributed by atoms with Crippen LogP contribution in [-0.4, -0.2) is 16.0 Å². The van der Waals surface area contributed by atoms with Gasteiger partial charge in [-0.2, -0.15) is 4.57 Å². The molecule has 0 unspecified atom stereocenters. The van der Waals surface area contributed by atoms with Crippen molar-refractivity contribution in [1.29, 1.82) is 0 Å². The molecule has 0 atom stereocenters. The van der Waals surface area contributed by atoms with E-state index in [1.807, 2.05) is 13.0 Å². The van der Waals surface area contributed by atoms with Crippen molar-refractivity contribution in [2.24, 2.45) is 0 Å². The van der Waals surface area contributed by atoms with Crippen molar-refractivity contribution in [2.75, 3.05) is 0 Å².